The van der Waals surface area contributed by atoms with E-state index in [9.17, 15) is 4.79 Å². The van der Waals surface area contributed by atoms with Gasteiger partial charge in [0.15, 0.2) is 10.4 Å². The Morgan fingerprint density at radius 3 is 2.91 bits per heavy atom. The van der Waals surface area contributed by atoms with E-state index in [1.54, 1.807) is 17.0 Å². The molecule has 1 aliphatic heterocycles. The lowest BCUT2D eigenvalue weighted by Gasteiger charge is -2.37. The third kappa shape index (κ3) is 2.23. The number of likely N-dealkylation sites (tertiary alicyclic amines) is 1. The fraction of sp³-hybridized carbons (Fsp3) is 0.250. The van der Waals surface area contributed by atoms with E-state index in [1.807, 2.05) is 6.07 Å². The minimum atomic E-state index is -0.0751. The minimum absolute atomic E-state index is 0.0751. The number of nitrogens with one attached hydrogen (secondary N) is 1. The maximum atomic E-state index is 12.2. The lowest BCUT2D eigenvalue weighted by Crippen LogP contribution is -2.48. The van der Waals surface area contributed by atoms with Crippen LogP contribution in [0, 0.1) is 6.92 Å². The van der Waals surface area contributed by atoms with Gasteiger partial charge in [-0.15, -0.1) is 0 Å². The molecule has 3 heterocycles. The van der Waals surface area contributed by atoms with E-state index in [4.69, 9.17) is 4.42 Å². The number of imidazole rings is 1. The summed E-state index contributed by atoms with van der Waals surface area (Å²) in [7, 11) is 0. The first-order valence-corrected chi connectivity index (χ1v) is 7.90. The SMILES string of the molecule is Cc1ccc2nc(C3CN(C(=O)c4ccc(Br)o4)C3)[nH]c2c1. The number of aromatic nitrogens is 2. The van der Waals surface area contributed by atoms with Gasteiger partial charge in [0, 0.05) is 13.1 Å². The predicted molar refractivity (Wildman–Crippen MR) is 85.9 cm³/mol. The molecular formula is C16H14BrN3O2. The van der Waals surface area contributed by atoms with Crippen molar-refractivity contribution in [3.63, 3.8) is 0 Å². The third-order valence-corrected chi connectivity index (χ3v) is 4.42. The van der Waals surface area contributed by atoms with Crippen LogP contribution in [-0.2, 0) is 0 Å². The number of furan rings is 1. The number of hydrogen-bond donors (Lipinski definition) is 1. The number of aromatic amines is 1. The van der Waals surface area contributed by atoms with Gasteiger partial charge in [0.2, 0.25) is 0 Å². The van der Waals surface area contributed by atoms with Crippen molar-refractivity contribution < 1.29 is 9.21 Å². The van der Waals surface area contributed by atoms with Gasteiger partial charge in [0.25, 0.3) is 5.91 Å². The van der Waals surface area contributed by atoms with Crippen molar-refractivity contribution in [1.82, 2.24) is 14.9 Å². The Morgan fingerprint density at radius 2 is 2.18 bits per heavy atom. The number of carbonyl (C=O) groups is 1. The molecule has 0 saturated carbocycles. The van der Waals surface area contributed by atoms with E-state index in [-0.39, 0.29) is 11.8 Å². The zero-order valence-corrected chi connectivity index (χ0v) is 13.6. The van der Waals surface area contributed by atoms with Gasteiger partial charge in [-0.2, -0.15) is 0 Å². The molecule has 4 rings (SSSR count). The van der Waals surface area contributed by atoms with E-state index in [0.717, 1.165) is 16.9 Å². The zero-order chi connectivity index (χ0) is 15.3. The number of H-pyrrole nitrogens is 1. The summed E-state index contributed by atoms with van der Waals surface area (Å²) in [5.41, 5.74) is 3.23. The molecular weight excluding hydrogens is 346 g/mol. The first-order valence-electron chi connectivity index (χ1n) is 7.11. The molecule has 112 valence electrons. The largest absolute Gasteiger partial charge is 0.444 e. The zero-order valence-electron chi connectivity index (χ0n) is 12.0. The standard InChI is InChI=1S/C16H14BrN3O2/c1-9-2-3-11-12(6-9)19-15(18-11)10-7-20(8-10)16(21)13-4-5-14(17)22-13/h2-6,10H,7-8H2,1H3,(H,18,19). The van der Waals surface area contributed by atoms with Crippen molar-refractivity contribution in [2.45, 2.75) is 12.8 Å². The number of rotatable bonds is 2. The number of halogens is 1. The number of amides is 1. The van der Waals surface area contributed by atoms with Crippen LogP contribution >= 0.6 is 15.9 Å². The second kappa shape index (κ2) is 4.98. The number of fused-ring (bicyclic) bond motifs is 1. The van der Waals surface area contributed by atoms with E-state index in [2.05, 4.69) is 45.0 Å². The van der Waals surface area contributed by atoms with Crippen molar-refractivity contribution >= 4 is 32.9 Å². The molecule has 1 aliphatic rings. The molecule has 6 heteroatoms. The molecule has 1 saturated heterocycles. The lowest BCUT2D eigenvalue weighted by molar-refractivity contribution is 0.0561. The second-order valence-corrected chi connectivity index (χ2v) is 6.44. The van der Waals surface area contributed by atoms with Gasteiger partial charge in [0.05, 0.1) is 17.0 Å². The van der Waals surface area contributed by atoms with Crippen molar-refractivity contribution in [2.24, 2.45) is 0 Å². The third-order valence-electron chi connectivity index (χ3n) is 4.00. The van der Waals surface area contributed by atoms with Gasteiger partial charge in [-0.05, 0) is 52.7 Å². The molecule has 0 aliphatic carbocycles. The van der Waals surface area contributed by atoms with Crippen LogP contribution in [0.3, 0.4) is 0 Å². The molecule has 1 amide bonds. The number of hydrogen-bond acceptors (Lipinski definition) is 3. The van der Waals surface area contributed by atoms with Crippen LogP contribution in [0.5, 0.6) is 0 Å². The first-order chi connectivity index (χ1) is 10.6. The maximum Gasteiger partial charge on any atom is 0.289 e. The molecule has 1 N–H and O–H groups in total. The summed E-state index contributed by atoms with van der Waals surface area (Å²) in [6, 6.07) is 9.58. The van der Waals surface area contributed by atoms with Crippen molar-refractivity contribution in [3.8, 4) is 0 Å². The molecule has 0 atom stereocenters. The number of carbonyl (C=O) groups excluding carboxylic acids is 1. The van der Waals surface area contributed by atoms with Crippen LogP contribution < -0.4 is 0 Å². The van der Waals surface area contributed by atoms with Crippen LogP contribution in [0.1, 0.15) is 27.9 Å². The smallest absolute Gasteiger partial charge is 0.289 e. The second-order valence-electron chi connectivity index (χ2n) is 5.65. The predicted octanol–water partition coefficient (Wildman–Crippen LogP) is 3.47. The van der Waals surface area contributed by atoms with E-state index < -0.39 is 0 Å². The summed E-state index contributed by atoms with van der Waals surface area (Å²) in [5, 5.41) is 0. The molecule has 22 heavy (non-hydrogen) atoms. The highest BCUT2D eigenvalue weighted by molar-refractivity contribution is 9.10. The molecule has 2 aromatic heterocycles. The van der Waals surface area contributed by atoms with Crippen LogP contribution in [-0.4, -0.2) is 33.9 Å². The van der Waals surface area contributed by atoms with Crippen molar-refractivity contribution in [2.75, 3.05) is 13.1 Å². The van der Waals surface area contributed by atoms with E-state index in [1.165, 1.54) is 5.56 Å². The average Bonchev–Trinajstić information content (AvgIpc) is 3.02. The van der Waals surface area contributed by atoms with Gasteiger partial charge in [0.1, 0.15) is 5.82 Å². The van der Waals surface area contributed by atoms with Crippen LogP contribution in [0.4, 0.5) is 0 Å². The fourth-order valence-corrected chi connectivity index (χ4v) is 3.05. The maximum absolute atomic E-state index is 12.2. The summed E-state index contributed by atoms with van der Waals surface area (Å²) >= 11 is 3.21. The fourth-order valence-electron chi connectivity index (χ4n) is 2.74. The van der Waals surface area contributed by atoms with Gasteiger partial charge in [-0.3, -0.25) is 4.79 Å². The molecule has 0 spiro atoms. The Bertz CT molecular complexity index is 861. The monoisotopic (exact) mass is 359 g/mol. The van der Waals surface area contributed by atoms with Crippen molar-refractivity contribution in [3.05, 3.63) is 52.1 Å². The summed E-state index contributed by atoms with van der Waals surface area (Å²) in [6.07, 6.45) is 0. The molecule has 0 bridgehead atoms. The highest BCUT2D eigenvalue weighted by Gasteiger charge is 2.35. The molecule has 0 unspecified atom stereocenters. The number of benzene rings is 1. The minimum Gasteiger partial charge on any atom is -0.444 e. The Balaban J connectivity index is 1.49. The number of nitrogens with zero attached hydrogens (tertiary/aromatic N) is 2. The van der Waals surface area contributed by atoms with E-state index >= 15 is 0 Å². The van der Waals surface area contributed by atoms with E-state index in [0.29, 0.717) is 23.5 Å². The highest BCUT2D eigenvalue weighted by atomic mass is 79.9. The first kappa shape index (κ1) is 13.6. The number of aryl methyl sites for hydroxylation is 1. The van der Waals surface area contributed by atoms with Gasteiger partial charge in [-0.25, -0.2) is 4.98 Å². The van der Waals surface area contributed by atoms with Gasteiger partial charge >= 0.3 is 0 Å². The molecule has 5 nitrogen and oxygen atoms in total. The molecule has 1 aromatic carbocycles. The summed E-state index contributed by atoms with van der Waals surface area (Å²) in [6.45, 7) is 3.39. The Hall–Kier alpha value is -2.08. The van der Waals surface area contributed by atoms with Crippen molar-refractivity contribution in [1.29, 1.82) is 0 Å². The Morgan fingerprint density at radius 1 is 1.36 bits per heavy atom. The van der Waals surface area contributed by atoms with Crippen LogP contribution in [0.15, 0.2) is 39.4 Å². The Kier molecular flexibility index (Phi) is 3.07. The lowest BCUT2D eigenvalue weighted by atomic mass is 9.99. The van der Waals surface area contributed by atoms with Gasteiger partial charge < -0.3 is 14.3 Å². The summed E-state index contributed by atoms with van der Waals surface area (Å²) < 4.78 is 5.88. The molecule has 0 radical (unpaired) electrons. The molecule has 3 aromatic rings. The topological polar surface area (TPSA) is 62.1 Å². The molecule has 1 fully saturated rings. The Labute approximate surface area is 135 Å². The highest BCUT2D eigenvalue weighted by Crippen LogP contribution is 2.29. The summed E-state index contributed by atoms with van der Waals surface area (Å²) in [4.78, 5) is 22.0. The van der Waals surface area contributed by atoms with Crippen LogP contribution in [0.2, 0.25) is 0 Å². The van der Waals surface area contributed by atoms with Crippen LogP contribution in [0.25, 0.3) is 11.0 Å². The quantitative estimate of drug-likeness (QED) is 0.761. The summed E-state index contributed by atoms with van der Waals surface area (Å²) in [5.74, 6) is 1.50. The normalized spacial score (nSPS) is 15.3. The average molecular weight is 360 g/mol. The van der Waals surface area contributed by atoms with Gasteiger partial charge in [-0.1, -0.05) is 6.07 Å².